The monoisotopic (exact) mass is 157 g/mol. The van der Waals surface area contributed by atoms with Gasteiger partial charge in [-0.2, -0.15) is 10.4 Å². The van der Waals surface area contributed by atoms with Crippen molar-refractivity contribution in [3.63, 3.8) is 0 Å². The first-order valence-corrected chi connectivity index (χ1v) is 3.70. The van der Waals surface area contributed by atoms with E-state index in [0.717, 1.165) is 11.2 Å². The number of fused-ring (bicyclic) bond motifs is 1. The van der Waals surface area contributed by atoms with Gasteiger partial charge in [0.05, 0.1) is 23.7 Å². The summed E-state index contributed by atoms with van der Waals surface area (Å²) in [5.74, 6) is 0. The third-order valence-electron chi connectivity index (χ3n) is 1.76. The normalized spacial score (nSPS) is 9.92. The number of aromatic nitrogens is 2. The Hall–Kier alpha value is -1.82. The molecule has 0 fully saturated rings. The summed E-state index contributed by atoms with van der Waals surface area (Å²) < 4.78 is 1.78. The van der Waals surface area contributed by atoms with E-state index in [1.165, 1.54) is 0 Å². The van der Waals surface area contributed by atoms with Gasteiger partial charge in [0.2, 0.25) is 0 Å². The lowest BCUT2D eigenvalue weighted by Crippen LogP contribution is -1.95. The predicted octanol–water partition coefficient (Wildman–Crippen LogP) is 1.40. The number of hydrogen-bond donors (Lipinski definition) is 0. The summed E-state index contributed by atoms with van der Waals surface area (Å²) in [6, 6.07) is 9.83. The second-order valence-corrected chi connectivity index (χ2v) is 2.52. The molecule has 0 aromatic carbocycles. The second kappa shape index (κ2) is 2.67. The maximum absolute atomic E-state index is 8.53. The first-order valence-electron chi connectivity index (χ1n) is 3.70. The molecule has 2 aromatic heterocycles. The molecule has 0 atom stereocenters. The average molecular weight is 157 g/mol. The van der Waals surface area contributed by atoms with Crippen LogP contribution in [0.4, 0.5) is 0 Å². The van der Waals surface area contributed by atoms with E-state index in [1.807, 2.05) is 24.3 Å². The fourth-order valence-electron chi connectivity index (χ4n) is 1.22. The zero-order chi connectivity index (χ0) is 8.39. The van der Waals surface area contributed by atoms with Gasteiger partial charge in [-0.1, -0.05) is 6.07 Å². The number of rotatable bonds is 1. The molecule has 2 heterocycles. The standard InChI is InChI=1S/C9H7N3/c10-6-4-8-2-1-3-9-5-7-11-12(8)9/h1-3,5,7H,4H2. The molecule has 0 radical (unpaired) electrons. The molecule has 0 amide bonds. The van der Waals surface area contributed by atoms with Crippen LogP contribution in [0.2, 0.25) is 0 Å². The SMILES string of the molecule is N#CCc1cccc2ccnn12. The number of hydrogen-bond acceptors (Lipinski definition) is 2. The van der Waals surface area contributed by atoms with Crippen molar-refractivity contribution in [1.82, 2.24) is 9.61 Å². The molecule has 0 aliphatic heterocycles. The van der Waals surface area contributed by atoms with Crippen molar-refractivity contribution in [2.45, 2.75) is 6.42 Å². The molecule has 3 nitrogen and oxygen atoms in total. The second-order valence-electron chi connectivity index (χ2n) is 2.52. The molecule has 0 unspecified atom stereocenters. The number of pyridine rings is 1. The van der Waals surface area contributed by atoms with Gasteiger partial charge in [0.25, 0.3) is 0 Å². The van der Waals surface area contributed by atoms with Gasteiger partial charge >= 0.3 is 0 Å². The van der Waals surface area contributed by atoms with Gasteiger partial charge in [0.15, 0.2) is 0 Å². The number of nitrogens with zero attached hydrogens (tertiary/aromatic N) is 3. The summed E-state index contributed by atoms with van der Waals surface area (Å²) in [5, 5.41) is 12.6. The Labute approximate surface area is 69.9 Å². The minimum atomic E-state index is 0.402. The fourth-order valence-corrected chi connectivity index (χ4v) is 1.22. The zero-order valence-electron chi connectivity index (χ0n) is 6.44. The molecule has 0 bridgehead atoms. The minimum Gasteiger partial charge on any atom is -0.237 e. The average Bonchev–Trinajstić information content (AvgIpc) is 2.53. The Balaban J connectivity index is 2.67. The van der Waals surface area contributed by atoms with E-state index in [4.69, 9.17) is 5.26 Å². The van der Waals surface area contributed by atoms with Crippen molar-refractivity contribution in [3.05, 3.63) is 36.2 Å². The fraction of sp³-hybridized carbons (Fsp3) is 0.111. The van der Waals surface area contributed by atoms with E-state index in [-0.39, 0.29) is 0 Å². The van der Waals surface area contributed by atoms with Gasteiger partial charge in [0, 0.05) is 6.20 Å². The first-order chi connectivity index (χ1) is 5.92. The third-order valence-corrected chi connectivity index (χ3v) is 1.76. The van der Waals surface area contributed by atoms with Crippen LogP contribution in [0.3, 0.4) is 0 Å². The Bertz CT molecular complexity index is 436. The van der Waals surface area contributed by atoms with Crippen molar-refractivity contribution in [1.29, 1.82) is 5.26 Å². The summed E-state index contributed by atoms with van der Waals surface area (Å²) in [7, 11) is 0. The van der Waals surface area contributed by atoms with Gasteiger partial charge in [0.1, 0.15) is 0 Å². The molecule has 0 aliphatic carbocycles. The van der Waals surface area contributed by atoms with Gasteiger partial charge < -0.3 is 0 Å². The van der Waals surface area contributed by atoms with E-state index in [9.17, 15) is 0 Å². The molecule has 0 spiro atoms. The highest BCUT2D eigenvalue weighted by atomic mass is 15.2. The minimum absolute atomic E-state index is 0.402. The van der Waals surface area contributed by atoms with Gasteiger partial charge in [-0.05, 0) is 18.2 Å². The maximum Gasteiger partial charge on any atom is 0.0775 e. The third kappa shape index (κ3) is 0.940. The van der Waals surface area contributed by atoms with Crippen LogP contribution < -0.4 is 0 Å². The zero-order valence-corrected chi connectivity index (χ0v) is 6.44. The Morgan fingerprint density at radius 2 is 2.33 bits per heavy atom. The van der Waals surface area contributed by atoms with Gasteiger partial charge in [-0.25, -0.2) is 4.52 Å². The smallest absolute Gasteiger partial charge is 0.0775 e. The van der Waals surface area contributed by atoms with Crippen LogP contribution in [0.15, 0.2) is 30.5 Å². The first kappa shape index (κ1) is 6.86. The lowest BCUT2D eigenvalue weighted by molar-refractivity contribution is 0.891. The van der Waals surface area contributed by atoms with Crippen LogP contribution in [0.1, 0.15) is 5.69 Å². The van der Waals surface area contributed by atoms with Crippen molar-refractivity contribution in [3.8, 4) is 6.07 Å². The summed E-state index contributed by atoms with van der Waals surface area (Å²) in [6.45, 7) is 0. The number of nitriles is 1. The molecule has 12 heavy (non-hydrogen) atoms. The van der Waals surface area contributed by atoms with Gasteiger partial charge in [-0.15, -0.1) is 0 Å². The molecular formula is C9H7N3. The molecular weight excluding hydrogens is 150 g/mol. The lowest BCUT2D eigenvalue weighted by Gasteiger charge is -1.98. The highest BCUT2D eigenvalue weighted by Gasteiger charge is 1.98. The van der Waals surface area contributed by atoms with Crippen LogP contribution >= 0.6 is 0 Å². The molecule has 3 heteroatoms. The van der Waals surface area contributed by atoms with Crippen LogP contribution in [-0.4, -0.2) is 9.61 Å². The highest BCUT2D eigenvalue weighted by Crippen LogP contribution is 2.05. The van der Waals surface area contributed by atoms with Crippen molar-refractivity contribution < 1.29 is 0 Å². The lowest BCUT2D eigenvalue weighted by atomic mass is 10.3. The Morgan fingerprint density at radius 1 is 1.42 bits per heavy atom. The van der Waals surface area contributed by atoms with E-state index in [1.54, 1.807) is 10.7 Å². The van der Waals surface area contributed by atoms with E-state index in [0.29, 0.717) is 6.42 Å². The topological polar surface area (TPSA) is 41.1 Å². The molecule has 0 aliphatic rings. The summed E-state index contributed by atoms with van der Waals surface area (Å²) in [4.78, 5) is 0. The predicted molar refractivity (Wildman–Crippen MR) is 44.5 cm³/mol. The van der Waals surface area contributed by atoms with E-state index in [2.05, 4.69) is 11.2 Å². The highest BCUT2D eigenvalue weighted by molar-refractivity contribution is 5.46. The summed E-state index contributed by atoms with van der Waals surface area (Å²) in [5.41, 5.74) is 1.96. The maximum atomic E-state index is 8.53. The molecule has 0 saturated carbocycles. The van der Waals surface area contributed by atoms with Crippen LogP contribution in [0.5, 0.6) is 0 Å². The molecule has 0 N–H and O–H groups in total. The van der Waals surface area contributed by atoms with E-state index >= 15 is 0 Å². The van der Waals surface area contributed by atoms with Crippen LogP contribution in [0.25, 0.3) is 5.52 Å². The summed E-state index contributed by atoms with van der Waals surface area (Å²) >= 11 is 0. The van der Waals surface area contributed by atoms with Crippen LogP contribution in [-0.2, 0) is 6.42 Å². The quantitative estimate of drug-likeness (QED) is 0.627. The molecule has 2 rings (SSSR count). The molecule has 2 aromatic rings. The van der Waals surface area contributed by atoms with Crippen molar-refractivity contribution >= 4 is 5.52 Å². The van der Waals surface area contributed by atoms with Crippen molar-refractivity contribution in [2.24, 2.45) is 0 Å². The van der Waals surface area contributed by atoms with Crippen molar-refractivity contribution in [2.75, 3.05) is 0 Å². The Kier molecular flexibility index (Phi) is 1.52. The van der Waals surface area contributed by atoms with Crippen LogP contribution in [0, 0.1) is 11.3 Å². The van der Waals surface area contributed by atoms with Gasteiger partial charge in [-0.3, -0.25) is 0 Å². The largest absolute Gasteiger partial charge is 0.237 e. The molecule has 0 saturated heterocycles. The summed E-state index contributed by atoms with van der Waals surface area (Å²) in [6.07, 6.45) is 2.13. The van der Waals surface area contributed by atoms with E-state index < -0.39 is 0 Å². The Morgan fingerprint density at radius 3 is 3.17 bits per heavy atom. The molecule has 58 valence electrons.